The Kier molecular flexibility index (Phi) is 5.62. The Bertz CT molecular complexity index is 1050. The molecule has 3 aromatic rings. The molecule has 8 heteroatoms. The molecule has 4 rings (SSSR count). The third-order valence-electron chi connectivity index (χ3n) is 4.93. The summed E-state index contributed by atoms with van der Waals surface area (Å²) in [6, 6.07) is 9.86. The van der Waals surface area contributed by atoms with E-state index in [0.29, 0.717) is 13.1 Å². The van der Waals surface area contributed by atoms with Crippen LogP contribution in [0.3, 0.4) is 0 Å². The molecule has 2 N–H and O–H groups in total. The van der Waals surface area contributed by atoms with Crippen LogP contribution in [0.1, 0.15) is 26.3 Å². The van der Waals surface area contributed by atoms with E-state index >= 15 is 0 Å². The smallest absolute Gasteiger partial charge is 0.410 e. The maximum atomic E-state index is 12.2. The van der Waals surface area contributed by atoms with Crippen LogP contribution in [0.2, 0.25) is 0 Å². The molecule has 0 spiro atoms. The van der Waals surface area contributed by atoms with Gasteiger partial charge in [0.15, 0.2) is 0 Å². The van der Waals surface area contributed by atoms with Crippen LogP contribution >= 0.6 is 11.3 Å². The Morgan fingerprint density at radius 1 is 1.20 bits per heavy atom. The van der Waals surface area contributed by atoms with Crippen LogP contribution in [-0.2, 0) is 11.3 Å². The SMILES string of the molecule is CC(C)(C)OC(=O)N1CCN(Cc2cnc3sc(-c4ccccc4N)nc3c2)CC1. The topological polar surface area (TPSA) is 84.6 Å². The van der Waals surface area contributed by atoms with E-state index in [0.717, 1.165) is 51.8 Å². The van der Waals surface area contributed by atoms with Gasteiger partial charge in [-0.2, -0.15) is 0 Å². The number of thiazole rings is 1. The van der Waals surface area contributed by atoms with Gasteiger partial charge in [-0.25, -0.2) is 14.8 Å². The fourth-order valence-electron chi connectivity index (χ4n) is 3.43. The minimum atomic E-state index is -0.466. The van der Waals surface area contributed by atoms with Crippen molar-refractivity contribution in [3.05, 3.63) is 42.1 Å². The van der Waals surface area contributed by atoms with Gasteiger partial charge in [-0.15, -0.1) is 0 Å². The summed E-state index contributed by atoms with van der Waals surface area (Å²) in [6.07, 6.45) is 1.68. The molecule has 0 aliphatic carbocycles. The van der Waals surface area contributed by atoms with Crippen LogP contribution in [0.25, 0.3) is 20.9 Å². The number of nitrogens with zero attached hydrogens (tertiary/aromatic N) is 4. The molecule has 1 fully saturated rings. The van der Waals surface area contributed by atoms with Crippen LogP contribution < -0.4 is 5.73 Å². The highest BCUT2D eigenvalue weighted by Gasteiger charge is 2.26. The molecule has 7 nitrogen and oxygen atoms in total. The van der Waals surface area contributed by atoms with Gasteiger partial charge in [0.25, 0.3) is 0 Å². The minimum absolute atomic E-state index is 0.236. The molecular formula is C22H27N5O2S. The molecule has 158 valence electrons. The molecular weight excluding hydrogens is 398 g/mol. The number of nitrogens with two attached hydrogens (primary N) is 1. The lowest BCUT2D eigenvalue weighted by Crippen LogP contribution is -2.49. The van der Waals surface area contributed by atoms with Crippen LogP contribution in [-0.4, -0.2) is 57.6 Å². The standard InChI is InChI=1S/C22H27N5O2S/c1-22(2,3)29-21(28)27-10-8-26(9-11-27)14-15-12-18-20(24-13-15)30-19(25-18)16-6-4-5-7-17(16)23/h4-7,12-13H,8-11,14,23H2,1-3H3. The number of para-hydroxylation sites is 1. The Hall–Kier alpha value is -2.71. The normalized spacial score (nSPS) is 15.5. The van der Waals surface area contributed by atoms with Crippen LogP contribution in [0.5, 0.6) is 0 Å². The summed E-state index contributed by atoms with van der Waals surface area (Å²) < 4.78 is 5.47. The number of carbonyl (C=O) groups is 1. The van der Waals surface area contributed by atoms with Gasteiger partial charge in [-0.3, -0.25) is 4.90 Å². The largest absolute Gasteiger partial charge is 0.444 e. The number of hydrogen-bond donors (Lipinski definition) is 1. The molecule has 2 aromatic heterocycles. The predicted molar refractivity (Wildman–Crippen MR) is 120 cm³/mol. The Labute approximate surface area is 180 Å². The van der Waals surface area contributed by atoms with Crippen LogP contribution in [0.4, 0.5) is 10.5 Å². The summed E-state index contributed by atoms with van der Waals surface area (Å²) in [5, 5.41) is 0.888. The second-order valence-electron chi connectivity index (χ2n) is 8.52. The van der Waals surface area contributed by atoms with Crippen molar-refractivity contribution in [2.24, 2.45) is 0 Å². The van der Waals surface area contributed by atoms with Crippen molar-refractivity contribution >= 4 is 33.5 Å². The lowest BCUT2D eigenvalue weighted by molar-refractivity contribution is 0.0139. The number of benzene rings is 1. The van der Waals surface area contributed by atoms with E-state index in [-0.39, 0.29) is 6.09 Å². The molecule has 1 aliphatic rings. The molecule has 0 bridgehead atoms. The number of amides is 1. The molecule has 1 saturated heterocycles. The number of fused-ring (bicyclic) bond motifs is 1. The third-order valence-corrected chi connectivity index (χ3v) is 5.94. The lowest BCUT2D eigenvalue weighted by atomic mass is 10.2. The van der Waals surface area contributed by atoms with E-state index in [2.05, 4.69) is 16.0 Å². The number of hydrogen-bond acceptors (Lipinski definition) is 7. The zero-order valence-corrected chi connectivity index (χ0v) is 18.4. The monoisotopic (exact) mass is 425 g/mol. The molecule has 1 aliphatic heterocycles. The quantitative estimate of drug-likeness (QED) is 0.639. The fraction of sp³-hybridized carbons (Fsp3) is 0.409. The van der Waals surface area contributed by atoms with Gasteiger partial charge in [-0.1, -0.05) is 23.5 Å². The van der Waals surface area contributed by atoms with Crippen molar-refractivity contribution in [1.29, 1.82) is 0 Å². The number of pyridine rings is 1. The number of rotatable bonds is 3. The molecule has 0 unspecified atom stereocenters. The summed E-state index contributed by atoms with van der Waals surface area (Å²) >= 11 is 1.55. The number of piperazine rings is 1. The minimum Gasteiger partial charge on any atom is -0.444 e. The highest BCUT2D eigenvalue weighted by Crippen LogP contribution is 2.32. The van der Waals surface area contributed by atoms with Crippen molar-refractivity contribution < 1.29 is 9.53 Å². The number of anilines is 1. The maximum absolute atomic E-state index is 12.2. The summed E-state index contributed by atoms with van der Waals surface area (Å²) in [4.78, 5) is 26.6. The zero-order valence-electron chi connectivity index (χ0n) is 17.6. The van der Waals surface area contributed by atoms with Gasteiger partial charge in [0, 0.05) is 50.2 Å². The number of carbonyl (C=O) groups excluding carboxylic acids is 1. The number of nitrogen functional groups attached to an aromatic ring is 1. The average Bonchev–Trinajstić information content (AvgIpc) is 3.10. The third kappa shape index (κ3) is 4.71. The van der Waals surface area contributed by atoms with Gasteiger partial charge >= 0.3 is 6.09 Å². The first-order valence-corrected chi connectivity index (χ1v) is 10.9. The molecule has 3 heterocycles. The summed E-state index contributed by atoms with van der Waals surface area (Å²) in [6.45, 7) is 9.39. The van der Waals surface area contributed by atoms with Crippen molar-refractivity contribution in [3.8, 4) is 10.6 Å². The first-order valence-electron chi connectivity index (χ1n) is 10.1. The lowest BCUT2D eigenvalue weighted by Gasteiger charge is -2.35. The highest BCUT2D eigenvalue weighted by atomic mass is 32.1. The number of ether oxygens (including phenoxy) is 1. The van der Waals surface area contributed by atoms with E-state index in [1.807, 2.05) is 51.2 Å². The van der Waals surface area contributed by atoms with E-state index in [4.69, 9.17) is 15.5 Å². The Balaban J connectivity index is 1.40. The van der Waals surface area contributed by atoms with Gasteiger partial charge < -0.3 is 15.4 Å². The molecule has 0 radical (unpaired) electrons. The first-order chi connectivity index (χ1) is 14.3. The van der Waals surface area contributed by atoms with Gasteiger partial charge in [0.2, 0.25) is 0 Å². The van der Waals surface area contributed by atoms with E-state index < -0.39 is 5.60 Å². The second kappa shape index (κ2) is 8.20. The maximum Gasteiger partial charge on any atom is 0.410 e. The summed E-state index contributed by atoms with van der Waals surface area (Å²) in [7, 11) is 0. The summed E-state index contributed by atoms with van der Waals surface area (Å²) in [5.74, 6) is 0. The second-order valence-corrected chi connectivity index (χ2v) is 9.50. The van der Waals surface area contributed by atoms with E-state index in [9.17, 15) is 4.79 Å². The van der Waals surface area contributed by atoms with E-state index in [1.54, 1.807) is 16.2 Å². The first kappa shape index (κ1) is 20.6. The van der Waals surface area contributed by atoms with Crippen LogP contribution in [0.15, 0.2) is 36.5 Å². The van der Waals surface area contributed by atoms with Gasteiger partial charge in [-0.05, 0) is 44.5 Å². The molecule has 30 heavy (non-hydrogen) atoms. The Morgan fingerprint density at radius 2 is 1.93 bits per heavy atom. The predicted octanol–water partition coefficient (Wildman–Crippen LogP) is 3.99. The average molecular weight is 426 g/mol. The Morgan fingerprint density at radius 3 is 2.63 bits per heavy atom. The van der Waals surface area contributed by atoms with Crippen molar-refractivity contribution in [2.75, 3.05) is 31.9 Å². The van der Waals surface area contributed by atoms with Gasteiger partial charge in [0.1, 0.15) is 21.0 Å². The fourth-order valence-corrected chi connectivity index (χ4v) is 4.37. The highest BCUT2D eigenvalue weighted by molar-refractivity contribution is 7.21. The van der Waals surface area contributed by atoms with Crippen molar-refractivity contribution in [1.82, 2.24) is 19.8 Å². The molecule has 1 aromatic carbocycles. The molecule has 0 atom stereocenters. The number of aromatic nitrogens is 2. The van der Waals surface area contributed by atoms with E-state index in [1.165, 1.54) is 0 Å². The summed E-state index contributed by atoms with van der Waals surface area (Å²) in [5.41, 5.74) is 9.31. The molecule has 1 amide bonds. The zero-order chi connectivity index (χ0) is 21.3. The van der Waals surface area contributed by atoms with Crippen LogP contribution in [0, 0.1) is 0 Å². The molecule has 0 saturated carbocycles. The van der Waals surface area contributed by atoms with Crippen molar-refractivity contribution in [3.63, 3.8) is 0 Å². The van der Waals surface area contributed by atoms with Gasteiger partial charge in [0.05, 0.1) is 0 Å². The van der Waals surface area contributed by atoms with Crippen molar-refractivity contribution in [2.45, 2.75) is 32.9 Å².